The third kappa shape index (κ3) is 4.41. The summed E-state index contributed by atoms with van der Waals surface area (Å²) in [5, 5.41) is 18.9. The van der Waals surface area contributed by atoms with Crippen molar-refractivity contribution >= 4 is 17.8 Å². The van der Waals surface area contributed by atoms with E-state index in [1.807, 2.05) is 5.32 Å². The van der Waals surface area contributed by atoms with Crippen LogP contribution in [0.1, 0.15) is 13.3 Å². The number of carbonyl (C=O) groups is 3. The molecule has 0 aliphatic rings. The largest absolute Gasteiger partial charge is 0.481 e. The number of amides is 1. The standard InChI is InChI=1S/C7H12N2O5/c1-3(8)6(12)9-4(7(13)14)2-5(10)11/h3-4H,2,8H2,1H3,(H,9,12)(H,10,11)(H,13,14)/t3-,4+/m0/s1. The maximum Gasteiger partial charge on any atom is 0.326 e. The summed E-state index contributed by atoms with van der Waals surface area (Å²) < 4.78 is 0. The number of carboxylic acid groups (broad SMARTS) is 2. The van der Waals surface area contributed by atoms with E-state index in [1.165, 1.54) is 6.92 Å². The second kappa shape index (κ2) is 5.18. The maximum atomic E-state index is 10.9. The fourth-order valence-electron chi connectivity index (χ4n) is 0.678. The van der Waals surface area contributed by atoms with E-state index in [9.17, 15) is 14.4 Å². The Morgan fingerprint density at radius 1 is 1.36 bits per heavy atom. The van der Waals surface area contributed by atoms with Crippen LogP contribution >= 0.6 is 0 Å². The highest BCUT2D eigenvalue weighted by Gasteiger charge is 2.23. The van der Waals surface area contributed by atoms with Gasteiger partial charge in [-0.3, -0.25) is 9.59 Å². The fourth-order valence-corrected chi connectivity index (χ4v) is 0.678. The molecular formula is C7H12N2O5. The molecule has 1 amide bonds. The number of aliphatic carboxylic acids is 2. The van der Waals surface area contributed by atoms with Crippen molar-refractivity contribution in [1.82, 2.24) is 5.32 Å². The normalized spacial score (nSPS) is 14.1. The van der Waals surface area contributed by atoms with E-state index < -0.39 is 36.4 Å². The molecule has 0 fully saturated rings. The van der Waals surface area contributed by atoms with Gasteiger partial charge in [-0.15, -0.1) is 0 Å². The minimum atomic E-state index is -1.44. The minimum absolute atomic E-state index is 0.673. The summed E-state index contributed by atoms with van der Waals surface area (Å²) in [5.41, 5.74) is 5.16. The molecule has 0 heterocycles. The molecule has 0 aromatic rings. The minimum Gasteiger partial charge on any atom is -0.481 e. The number of hydrogen-bond donors (Lipinski definition) is 4. The van der Waals surface area contributed by atoms with Crippen LogP contribution in [-0.2, 0) is 14.4 Å². The first-order chi connectivity index (χ1) is 6.34. The molecule has 0 unspecified atom stereocenters. The Morgan fingerprint density at radius 3 is 2.14 bits per heavy atom. The first-order valence-corrected chi connectivity index (χ1v) is 3.85. The predicted molar refractivity (Wildman–Crippen MR) is 45.5 cm³/mol. The van der Waals surface area contributed by atoms with Crippen LogP contribution in [0.2, 0.25) is 0 Å². The van der Waals surface area contributed by atoms with Gasteiger partial charge < -0.3 is 21.3 Å². The highest BCUT2D eigenvalue weighted by Crippen LogP contribution is 1.93. The molecule has 0 radical (unpaired) electrons. The molecular weight excluding hydrogens is 192 g/mol. The van der Waals surface area contributed by atoms with Crippen LogP contribution < -0.4 is 11.1 Å². The van der Waals surface area contributed by atoms with Crippen LogP contribution in [0.5, 0.6) is 0 Å². The highest BCUT2D eigenvalue weighted by molar-refractivity contribution is 5.88. The van der Waals surface area contributed by atoms with Gasteiger partial charge in [0.2, 0.25) is 5.91 Å². The van der Waals surface area contributed by atoms with Crippen molar-refractivity contribution in [2.24, 2.45) is 5.73 Å². The molecule has 0 rings (SSSR count). The van der Waals surface area contributed by atoms with Gasteiger partial charge in [0.1, 0.15) is 6.04 Å². The zero-order chi connectivity index (χ0) is 11.3. The summed E-state index contributed by atoms with van der Waals surface area (Å²) in [6.07, 6.45) is -0.673. The molecule has 14 heavy (non-hydrogen) atoms. The van der Waals surface area contributed by atoms with Crippen LogP contribution in [0.4, 0.5) is 0 Å². The molecule has 0 aromatic carbocycles. The number of nitrogens with two attached hydrogens (primary N) is 1. The number of hydrogen-bond acceptors (Lipinski definition) is 4. The van der Waals surface area contributed by atoms with Gasteiger partial charge >= 0.3 is 11.9 Å². The zero-order valence-electron chi connectivity index (χ0n) is 7.56. The van der Waals surface area contributed by atoms with Gasteiger partial charge in [-0.2, -0.15) is 0 Å². The quantitative estimate of drug-likeness (QED) is 0.425. The topological polar surface area (TPSA) is 130 Å². The third-order valence-electron chi connectivity index (χ3n) is 1.41. The lowest BCUT2D eigenvalue weighted by atomic mass is 10.2. The second-order valence-electron chi connectivity index (χ2n) is 2.79. The maximum absolute atomic E-state index is 10.9. The highest BCUT2D eigenvalue weighted by atomic mass is 16.4. The van der Waals surface area contributed by atoms with Gasteiger partial charge in [0, 0.05) is 0 Å². The Kier molecular flexibility index (Phi) is 4.57. The van der Waals surface area contributed by atoms with Crippen LogP contribution in [0.15, 0.2) is 0 Å². The fraction of sp³-hybridized carbons (Fsp3) is 0.571. The molecule has 5 N–H and O–H groups in total. The van der Waals surface area contributed by atoms with E-state index in [0.29, 0.717) is 0 Å². The van der Waals surface area contributed by atoms with Gasteiger partial charge in [-0.25, -0.2) is 4.79 Å². The second-order valence-corrected chi connectivity index (χ2v) is 2.79. The summed E-state index contributed by atoms with van der Waals surface area (Å²) in [6, 6.07) is -2.31. The van der Waals surface area contributed by atoms with Gasteiger partial charge in [0.25, 0.3) is 0 Å². The SMILES string of the molecule is C[C@H](N)C(=O)N[C@H](CC(=O)O)C(=O)O. The van der Waals surface area contributed by atoms with E-state index in [-0.39, 0.29) is 0 Å². The van der Waals surface area contributed by atoms with Crippen molar-refractivity contribution in [2.45, 2.75) is 25.4 Å². The van der Waals surface area contributed by atoms with E-state index in [1.54, 1.807) is 0 Å². The Balaban J connectivity index is 4.31. The average Bonchev–Trinajstić information content (AvgIpc) is 2.01. The molecule has 7 nitrogen and oxygen atoms in total. The van der Waals surface area contributed by atoms with E-state index in [4.69, 9.17) is 15.9 Å². The lowest BCUT2D eigenvalue weighted by Gasteiger charge is -2.13. The molecule has 0 aromatic heterocycles. The van der Waals surface area contributed by atoms with Crippen LogP contribution in [0.25, 0.3) is 0 Å². The smallest absolute Gasteiger partial charge is 0.326 e. The number of rotatable bonds is 5. The molecule has 7 heteroatoms. The number of carboxylic acids is 2. The summed E-state index contributed by atoms with van der Waals surface area (Å²) in [5.74, 6) is -3.40. The van der Waals surface area contributed by atoms with Crippen LogP contribution in [0.3, 0.4) is 0 Å². The predicted octanol–water partition coefficient (Wildman–Crippen LogP) is -1.62. The molecule has 2 atom stereocenters. The number of carbonyl (C=O) groups excluding carboxylic acids is 1. The van der Waals surface area contributed by atoms with Crippen molar-refractivity contribution in [2.75, 3.05) is 0 Å². The molecule has 0 saturated heterocycles. The Labute approximate surface area is 79.9 Å². The van der Waals surface area contributed by atoms with Gasteiger partial charge in [0.15, 0.2) is 0 Å². The van der Waals surface area contributed by atoms with Crippen molar-refractivity contribution in [1.29, 1.82) is 0 Å². The molecule has 80 valence electrons. The van der Waals surface area contributed by atoms with E-state index in [0.717, 1.165) is 0 Å². The molecule has 0 aliphatic carbocycles. The lowest BCUT2D eigenvalue weighted by Crippen LogP contribution is -2.48. The van der Waals surface area contributed by atoms with Gasteiger partial charge in [-0.1, -0.05) is 0 Å². The summed E-state index contributed by atoms with van der Waals surface area (Å²) in [6.45, 7) is 1.37. The van der Waals surface area contributed by atoms with Crippen molar-refractivity contribution in [3.8, 4) is 0 Å². The monoisotopic (exact) mass is 204 g/mol. The molecule has 0 saturated carbocycles. The van der Waals surface area contributed by atoms with Crippen LogP contribution in [0, 0.1) is 0 Å². The summed E-state index contributed by atoms with van der Waals surface area (Å²) in [4.78, 5) is 31.6. The Hall–Kier alpha value is -1.63. The summed E-state index contributed by atoms with van der Waals surface area (Å²) in [7, 11) is 0. The van der Waals surface area contributed by atoms with Crippen molar-refractivity contribution < 1.29 is 24.6 Å². The van der Waals surface area contributed by atoms with E-state index >= 15 is 0 Å². The molecule has 0 spiro atoms. The Bertz CT molecular complexity index is 250. The number of nitrogens with one attached hydrogen (secondary N) is 1. The third-order valence-corrected chi connectivity index (χ3v) is 1.41. The van der Waals surface area contributed by atoms with Gasteiger partial charge in [0.05, 0.1) is 12.5 Å². The molecule has 0 bridgehead atoms. The lowest BCUT2D eigenvalue weighted by molar-refractivity contribution is -0.147. The molecule has 0 aliphatic heterocycles. The van der Waals surface area contributed by atoms with E-state index in [2.05, 4.69) is 0 Å². The van der Waals surface area contributed by atoms with Crippen LogP contribution in [-0.4, -0.2) is 40.1 Å². The average molecular weight is 204 g/mol. The van der Waals surface area contributed by atoms with Gasteiger partial charge in [-0.05, 0) is 6.92 Å². The Morgan fingerprint density at radius 2 is 1.86 bits per heavy atom. The zero-order valence-corrected chi connectivity index (χ0v) is 7.56. The first kappa shape index (κ1) is 12.4. The van der Waals surface area contributed by atoms with Crippen molar-refractivity contribution in [3.05, 3.63) is 0 Å². The summed E-state index contributed by atoms with van der Waals surface area (Å²) >= 11 is 0. The first-order valence-electron chi connectivity index (χ1n) is 3.85. The van der Waals surface area contributed by atoms with Crippen molar-refractivity contribution in [3.63, 3.8) is 0 Å².